The number of hydrogen-bond acceptors (Lipinski definition) is 3. The predicted octanol–water partition coefficient (Wildman–Crippen LogP) is 3.04. The Hall–Kier alpha value is -0.250. The summed E-state index contributed by atoms with van der Waals surface area (Å²) in [6, 6.07) is 6.11. The van der Waals surface area contributed by atoms with E-state index in [-0.39, 0.29) is 15.9 Å². The van der Waals surface area contributed by atoms with E-state index < -0.39 is 0 Å². The van der Waals surface area contributed by atoms with E-state index in [1.807, 2.05) is 30.1 Å². The summed E-state index contributed by atoms with van der Waals surface area (Å²) < 4.78 is 11.6. The van der Waals surface area contributed by atoms with Gasteiger partial charge in [0.2, 0.25) is 12.7 Å². The number of nitrogens with zero attached hydrogens (tertiary/aromatic N) is 1. The third-order valence-corrected chi connectivity index (χ3v) is 6.92. The predicted molar refractivity (Wildman–Crippen MR) is 95.2 cm³/mol. The van der Waals surface area contributed by atoms with Crippen LogP contribution in [0.5, 0.6) is 11.5 Å². The Kier molecular flexibility index (Phi) is 5.76. The van der Waals surface area contributed by atoms with Gasteiger partial charge >= 0.3 is 0 Å². The van der Waals surface area contributed by atoms with Crippen molar-refractivity contribution in [1.29, 1.82) is 0 Å². The summed E-state index contributed by atoms with van der Waals surface area (Å²) in [5.74, 6) is 1.78. The molecule has 1 amide bonds. The molecule has 2 rings (SSSR count). The number of alkyl halides is 2. The van der Waals surface area contributed by atoms with E-state index in [1.54, 1.807) is 0 Å². The largest absolute Gasteiger partial charge is 0.454 e. The van der Waals surface area contributed by atoms with Crippen LogP contribution >= 0.6 is 45.2 Å². The van der Waals surface area contributed by atoms with Crippen molar-refractivity contribution in [3.8, 4) is 11.5 Å². The molecule has 1 aromatic carbocycles. The van der Waals surface area contributed by atoms with Crippen LogP contribution in [0, 0.1) is 0 Å². The fourth-order valence-electron chi connectivity index (χ4n) is 2.05. The SMILES string of the molecule is CC(Cc1ccc2c(c1)OCO2)N(C)C(=O)[C@@H](I)CI. The van der Waals surface area contributed by atoms with E-state index in [1.165, 1.54) is 0 Å². The van der Waals surface area contributed by atoms with Gasteiger partial charge in [0.15, 0.2) is 11.5 Å². The van der Waals surface area contributed by atoms with Crippen LogP contribution in [0.15, 0.2) is 18.2 Å². The number of hydrogen-bond donors (Lipinski definition) is 0. The molecule has 4 nitrogen and oxygen atoms in total. The molecule has 6 heteroatoms. The van der Waals surface area contributed by atoms with Gasteiger partial charge in [-0.05, 0) is 31.0 Å². The number of amides is 1. The van der Waals surface area contributed by atoms with Gasteiger partial charge in [0, 0.05) is 17.5 Å². The van der Waals surface area contributed by atoms with Gasteiger partial charge in [-0.25, -0.2) is 0 Å². The Morgan fingerprint density at radius 1 is 1.40 bits per heavy atom. The summed E-state index contributed by atoms with van der Waals surface area (Å²) in [7, 11) is 1.87. The lowest BCUT2D eigenvalue weighted by molar-refractivity contribution is -0.130. The van der Waals surface area contributed by atoms with Crippen LogP contribution in [-0.2, 0) is 11.2 Å². The number of fused-ring (bicyclic) bond motifs is 1. The molecule has 1 aliphatic rings. The van der Waals surface area contributed by atoms with E-state index in [0.29, 0.717) is 6.79 Å². The van der Waals surface area contributed by atoms with Crippen molar-refractivity contribution in [1.82, 2.24) is 4.90 Å². The van der Waals surface area contributed by atoms with Crippen molar-refractivity contribution in [2.75, 3.05) is 18.3 Å². The second-order valence-corrected chi connectivity index (χ2v) is 7.20. The van der Waals surface area contributed by atoms with E-state index >= 15 is 0 Å². The van der Waals surface area contributed by atoms with Gasteiger partial charge in [-0.3, -0.25) is 4.79 Å². The summed E-state index contributed by atoms with van der Waals surface area (Å²) in [6.45, 7) is 2.36. The lowest BCUT2D eigenvalue weighted by Gasteiger charge is -2.26. The molecule has 0 aliphatic carbocycles. The van der Waals surface area contributed by atoms with Crippen molar-refractivity contribution < 1.29 is 14.3 Å². The summed E-state index contributed by atoms with van der Waals surface area (Å²) >= 11 is 4.44. The molecule has 1 unspecified atom stereocenters. The van der Waals surface area contributed by atoms with Crippen molar-refractivity contribution in [3.05, 3.63) is 23.8 Å². The van der Waals surface area contributed by atoms with Gasteiger partial charge in [0.1, 0.15) is 0 Å². The highest BCUT2D eigenvalue weighted by Crippen LogP contribution is 2.33. The number of ether oxygens (including phenoxy) is 2. The highest BCUT2D eigenvalue weighted by Gasteiger charge is 2.22. The molecule has 110 valence electrons. The fourth-order valence-corrected chi connectivity index (χ4v) is 2.87. The monoisotopic (exact) mass is 501 g/mol. The minimum absolute atomic E-state index is 0.0393. The van der Waals surface area contributed by atoms with Crippen molar-refractivity contribution in [2.45, 2.75) is 23.3 Å². The second kappa shape index (κ2) is 7.15. The van der Waals surface area contributed by atoms with Gasteiger partial charge in [-0.1, -0.05) is 51.2 Å². The average Bonchev–Trinajstić information content (AvgIpc) is 2.92. The summed E-state index contributed by atoms with van der Waals surface area (Å²) in [5, 5.41) is 0. The summed E-state index contributed by atoms with van der Waals surface area (Å²) in [4.78, 5) is 14.0. The molecule has 0 saturated carbocycles. The van der Waals surface area contributed by atoms with Gasteiger partial charge < -0.3 is 14.4 Å². The van der Waals surface area contributed by atoms with Crippen LogP contribution < -0.4 is 9.47 Å². The highest BCUT2D eigenvalue weighted by atomic mass is 127. The van der Waals surface area contributed by atoms with Crippen molar-refractivity contribution in [3.63, 3.8) is 0 Å². The Balaban J connectivity index is 2.00. The molecule has 0 bridgehead atoms. The van der Waals surface area contributed by atoms with Gasteiger partial charge in [0.25, 0.3) is 0 Å². The van der Waals surface area contributed by atoms with Crippen LogP contribution in [0.1, 0.15) is 12.5 Å². The quantitative estimate of drug-likeness (QED) is 0.461. The molecule has 0 N–H and O–H groups in total. The third-order valence-electron chi connectivity index (χ3n) is 3.38. The molecule has 2 atom stereocenters. The molecule has 0 radical (unpaired) electrons. The molecule has 0 spiro atoms. The van der Waals surface area contributed by atoms with Crippen LogP contribution in [0.2, 0.25) is 0 Å². The Bertz CT molecular complexity index is 495. The molecular weight excluding hydrogens is 484 g/mol. The van der Waals surface area contributed by atoms with Gasteiger partial charge in [-0.2, -0.15) is 0 Å². The zero-order chi connectivity index (χ0) is 14.7. The molecule has 0 aromatic heterocycles. The molecule has 1 aromatic rings. The summed E-state index contributed by atoms with van der Waals surface area (Å²) in [5.41, 5.74) is 1.15. The first-order valence-corrected chi connectivity index (χ1v) is 9.15. The number of carbonyl (C=O) groups excluding carboxylic acids is 1. The maximum atomic E-state index is 12.2. The maximum absolute atomic E-state index is 12.2. The fraction of sp³-hybridized carbons (Fsp3) is 0.500. The standard InChI is InChI=1S/C14H17I2NO3/c1-9(17(2)14(18)11(16)7-15)5-10-3-4-12-13(6-10)20-8-19-12/h3-4,6,9,11H,5,7-8H2,1-2H3/t9?,11-/m0/s1. The number of likely N-dealkylation sites (N-methyl/N-ethyl adjacent to an activating group) is 1. The number of rotatable bonds is 5. The van der Waals surface area contributed by atoms with Crippen LogP contribution in [0.3, 0.4) is 0 Å². The summed E-state index contributed by atoms with van der Waals surface area (Å²) in [6.07, 6.45) is 0.809. The molecule has 20 heavy (non-hydrogen) atoms. The molecule has 0 fully saturated rings. The van der Waals surface area contributed by atoms with E-state index in [4.69, 9.17) is 9.47 Å². The van der Waals surface area contributed by atoms with Crippen molar-refractivity contribution >= 4 is 51.1 Å². The first-order valence-electron chi connectivity index (χ1n) is 6.38. The lowest BCUT2D eigenvalue weighted by atomic mass is 10.1. The topological polar surface area (TPSA) is 38.8 Å². The van der Waals surface area contributed by atoms with E-state index in [9.17, 15) is 4.79 Å². The zero-order valence-electron chi connectivity index (χ0n) is 11.4. The van der Waals surface area contributed by atoms with Crippen LogP contribution in [-0.4, -0.2) is 39.0 Å². The highest BCUT2D eigenvalue weighted by molar-refractivity contribution is 14.1. The Labute approximate surface area is 146 Å². The Morgan fingerprint density at radius 2 is 2.10 bits per heavy atom. The minimum Gasteiger partial charge on any atom is -0.454 e. The smallest absolute Gasteiger partial charge is 0.236 e. The molecular formula is C14H17I2NO3. The lowest BCUT2D eigenvalue weighted by Crippen LogP contribution is -2.41. The number of carbonyl (C=O) groups is 1. The van der Waals surface area contributed by atoms with Crippen LogP contribution in [0.25, 0.3) is 0 Å². The first kappa shape index (κ1) is 16.1. The van der Waals surface area contributed by atoms with Crippen molar-refractivity contribution in [2.24, 2.45) is 0 Å². The molecule has 0 saturated heterocycles. The second-order valence-electron chi connectivity index (χ2n) is 4.81. The normalized spacial score (nSPS) is 15.8. The minimum atomic E-state index is 0.0393. The average molecular weight is 501 g/mol. The first-order chi connectivity index (χ1) is 9.52. The van der Waals surface area contributed by atoms with E-state index in [0.717, 1.165) is 27.9 Å². The maximum Gasteiger partial charge on any atom is 0.236 e. The van der Waals surface area contributed by atoms with Gasteiger partial charge in [0.05, 0.1) is 3.92 Å². The number of halogens is 2. The number of benzene rings is 1. The van der Waals surface area contributed by atoms with Gasteiger partial charge in [-0.15, -0.1) is 0 Å². The third kappa shape index (κ3) is 3.69. The van der Waals surface area contributed by atoms with Crippen LogP contribution in [0.4, 0.5) is 0 Å². The van der Waals surface area contributed by atoms with E-state index in [2.05, 4.69) is 52.1 Å². The zero-order valence-corrected chi connectivity index (χ0v) is 15.8. The Morgan fingerprint density at radius 3 is 2.80 bits per heavy atom. The molecule has 1 heterocycles. The molecule has 1 aliphatic heterocycles.